The number of nitrogens with one attached hydrogen (secondary N) is 1. The number of rotatable bonds is 6. The van der Waals surface area contributed by atoms with E-state index in [-0.39, 0.29) is 5.69 Å². The number of carboxylic acid groups (broad SMARTS) is 1. The first kappa shape index (κ1) is 12.0. The summed E-state index contributed by atoms with van der Waals surface area (Å²) in [6.45, 7) is 5.22. The molecule has 0 atom stereocenters. The van der Waals surface area contributed by atoms with Gasteiger partial charge in [0.1, 0.15) is 0 Å². The minimum Gasteiger partial charge on any atom is -0.476 e. The van der Waals surface area contributed by atoms with Crippen molar-refractivity contribution in [2.75, 3.05) is 11.9 Å². The first-order chi connectivity index (χ1) is 7.09. The maximum atomic E-state index is 10.5. The van der Waals surface area contributed by atoms with Gasteiger partial charge in [-0.15, -0.1) is 11.3 Å². The average Bonchev–Trinajstić information content (AvgIpc) is 2.60. The van der Waals surface area contributed by atoms with E-state index in [1.54, 1.807) is 5.38 Å². The van der Waals surface area contributed by atoms with Crippen molar-refractivity contribution < 1.29 is 9.90 Å². The molecule has 1 aromatic heterocycles. The van der Waals surface area contributed by atoms with Gasteiger partial charge in [-0.25, -0.2) is 9.78 Å². The number of hydrogen-bond donors (Lipinski definition) is 2. The fourth-order valence-corrected chi connectivity index (χ4v) is 1.87. The third kappa shape index (κ3) is 4.29. The number of hydrogen-bond acceptors (Lipinski definition) is 4. The molecule has 84 valence electrons. The number of carboxylic acids is 1. The lowest BCUT2D eigenvalue weighted by molar-refractivity contribution is 0.0691. The third-order valence-corrected chi connectivity index (χ3v) is 2.76. The molecule has 0 saturated carbocycles. The Hall–Kier alpha value is -1.10. The summed E-state index contributed by atoms with van der Waals surface area (Å²) in [5.41, 5.74) is 0.117. The summed E-state index contributed by atoms with van der Waals surface area (Å²) in [6, 6.07) is 0. The van der Waals surface area contributed by atoms with E-state index < -0.39 is 5.97 Å². The molecule has 1 rings (SSSR count). The van der Waals surface area contributed by atoms with Crippen LogP contribution in [0.1, 0.15) is 37.2 Å². The lowest BCUT2D eigenvalue weighted by atomic mass is 10.1. The highest BCUT2D eigenvalue weighted by molar-refractivity contribution is 7.13. The lowest BCUT2D eigenvalue weighted by Gasteiger charge is -2.04. The molecule has 0 bridgehead atoms. The highest BCUT2D eigenvalue weighted by Gasteiger charge is 2.07. The van der Waals surface area contributed by atoms with E-state index in [4.69, 9.17) is 5.11 Å². The smallest absolute Gasteiger partial charge is 0.355 e. The lowest BCUT2D eigenvalue weighted by Crippen LogP contribution is -2.03. The maximum Gasteiger partial charge on any atom is 0.355 e. The molecule has 0 spiro atoms. The van der Waals surface area contributed by atoms with Gasteiger partial charge in [-0.1, -0.05) is 13.8 Å². The van der Waals surface area contributed by atoms with E-state index in [9.17, 15) is 4.79 Å². The Morgan fingerprint density at radius 1 is 1.67 bits per heavy atom. The van der Waals surface area contributed by atoms with E-state index >= 15 is 0 Å². The summed E-state index contributed by atoms with van der Waals surface area (Å²) in [4.78, 5) is 14.5. The van der Waals surface area contributed by atoms with Crippen LogP contribution < -0.4 is 5.32 Å². The number of anilines is 1. The predicted molar refractivity (Wildman–Crippen MR) is 61.6 cm³/mol. The van der Waals surface area contributed by atoms with Crippen molar-refractivity contribution in [2.45, 2.75) is 26.7 Å². The summed E-state index contributed by atoms with van der Waals surface area (Å²) < 4.78 is 0. The molecular weight excluding hydrogens is 212 g/mol. The van der Waals surface area contributed by atoms with Gasteiger partial charge >= 0.3 is 5.97 Å². The molecule has 5 heteroatoms. The van der Waals surface area contributed by atoms with E-state index in [0.717, 1.165) is 13.0 Å². The highest BCUT2D eigenvalue weighted by atomic mass is 32.1. The molecule has 15 heavy (non-hydrogen) atoms. The zero-order chi connectivity index (χ0) is 11.3. The SMILES string of the molecule is CC(C)CCCNc1nc(C(=O)O)cs1. The van der Waals surface area contributed by atoms with Crippen LogP contribution in [0.15, 0.2) is 5.38 Å². The van der Waals surface area contributed by atoms with Gasteiger partial charge in [0.15, 0.2) is 10.8 Å². The number of thiazole rings is 1. The summed E-state index contributed by atoms with van der Waals surface area (Å²) in [5.74, 6) is -0.265. The van der Waals surface area contributed by atoms with Crippen molar-refractivity contribution in [1.82, 2.24) is 4.98 Å². The van der Waals surface area contributed by atoms with Gasteiger partial charge in [-0.3, -0.25) is 0 Å². The van der Waals surface area contributed by atoms with Crippen LogP contribution in [0.5, 0.6) is 0 Å². The molecule has 0 saturated heterocycles. The molecule has 0 aromatic carbocycles. The highest BCUT2D eigenvalue weighted by Crippen LogP contribution is 2.15. The Balaban J connectivity index is 2.29. The maximum absolute atomic E-state index is 10.5. The van der Waals surface area contributed by atoms with Gasteiger partial charge in [0.25, 0.3) is 0 Å². The molecule has 0 aliphatic carbocycles. The zero-order valence-corrected chi connectivity index (χ0v) is 9.80. The average molecular weight is 228 g/mol. The van der Waals surface area contributed by atoms with Crippen molar-refractivity contribution in [3.8, 4) is 0 Å². The van der Waals surface area contributed by atoms with Crippen LogP contribution in [0.4, 0.5) is 5.13 Å². The first-order valence-electron chi connectivity index (χ1n) is 5.02. The second-order valence-electron chi connectivity index (χ2n) is 3.81. The predicted octanol–water partition coefficient (Wildman–Crippen LogP) is 2.69. The molecule has 2 N–H and O–H groups in total. The summed E-state index contributed by atoms with van der Waals surface area (Å²) in [5, 5.41) is 14.0. The summed E-state index contributed by atoms with van der Waals surface area (Å²) >= 11 is 1.33. The fourth-order valence-electron chi connectivity index (χ4n) is 1.16. The Morgan fingerprint density at radius 2 is 2.40 bits per heavy atom. The van der Waals surface area contributed by atoms with Crippen LogP contribution in [-0.2, 0) is 0 Å². The fraction of sp³-hybridized carbons (Fsp3) is 0.600. The van der Waals surface area contributed by atoms with Crippen molar-refractivity contribution in [3.63, 3.8) is 0 Å². The number of aromatic carboxylic acids is 1. The Bertz CT molecular complexity index is 323. The van der Waals surface area contributed by atoms with Crippen LogP contribution in [0.25, 0.3) is 0 Å². The van der Waals surface area contributed by atoms with Crippen LogP contribution in [0.2, 0.25) is 0 Å². The second-order valence-corrected chi connectivity index (χ2v) is 4.66. The van der Waals surface area contributed by atoms with Crippen LogP contribution in [-0.4, -0.2) is 22.6 Å². The van der Waals surface area contributed by atoms with Crippen LogP contribution in [0.3, 0.4) is 0 Å². The van der Waals surface area contributed by atoms with Gasteiger partial charge in [0.2, 0.25) is 0 Å². The van der Waals surface area contributed by atoms with Gasteiger partial charge in [-0.2, -0.15) is 0 Å². The molecule has 0 aliphatic rings. The minimum absolute atomic E-state index is 0.117. The molecule has 0 aliphatic heterocycles. The van der Waals surface area contributed by atoms with E-state index in [1.165, 1.54) is 17.8 Å². The van der Waals surface area contributed by atoms with E-state index in [2.05, 4.69) is 24.1 Å². The third-order valence-electron chi connectivity index (χ3n) is 1.96. The second kappa shape index (κ2) is 5.70. The normalized spacial score (nSPS) is 10.6. The largest absolute Gasteiger partial charge is 0.476 e. The van der Waals surface area contributed by atoms with E-state index in [0.29, 0.717) is 11.0 Å². The van der Waals surface area contributed by atoms with Crippen molar-refractivity contribution in [1.29, 1.82) is 0 Å². The van der Waals surface area contributed by atoms with Gasteiger partial charge in [0.05, 0.1) is 0 Å². The summed E-state index contributed by atoms with van der Waals surface area (Å²) in [6.07, 6.45) is 2.25. The standard InChI is InChI=1S/C10H16N2O2S/c1-7(2)4-3-5-11-10-12-8(6-15-10)9(13)14/h6-7H,3-5H2,1-2H3,(H,11,12)(H,13,14). The molecule has 1 aromatic rings. The number of aromatic nitrogens is 1. The monoisotopic (exact) mass is 228 g/mol. The van der Waals surface area contributed by atoms with Crippen molar-refractivity contribution in [3.05, 3.63) is 11.1 Å². The molecule has 0 radical (unpaired) electrons. The molecule has 4 nitrogen and oxygen atoms in total. The quantitative estimate of drug-likeness (QED) is 0.735. The molecule has 0 fully saturated rings. The van der Waals surface area contributed by atoms with Gasteiger partial charge in [0, 0.05) is 11.9 Å². The number of nitrogens with zero attached hydrogens (tertiary/aromatic N) is 1. The van der Waals surface area contributed by atoms with Crippen LogP contribution >= 0.6 is 11.3 Å². The summed E-state index contributed by atoms with van der Waals surface area (Å²) in [7, 11) is 0. The Kier molecular flexibility index (Phi) is 4.55. The number of carbonyl (C=O) groups is 1. The zero-order valence-electron chi connectivity index (χ0n) is 8.99. The van der Waals surface area contributed by atoms with Crippen LogP contribution in [0, 0.1) is 5.92 Å². The minimum atomic E-state index is -0.971. The van der Waals surface area contributed by atoms with Gasteiger partial charge in [-0.05, 0) is 18.8 Å². The Labute approximate surface area is 93.4 Å². The molecule has 1 heterocycles. The van der Waals surface area contributed by atoms with Gasteiger partial charge < -0.3 is 10.4 Å². The first-order valence-corrected chi connectivity index (χ1v) is 5.90. The van der Waals surface area contributed by atoms with Crippen molar-refractivity contribution in [2.24, 2.45) is 5.92 Å². The Morgan fingerprint density at radius 3 is 2.93 bits per heavy atom. The van der Waals surface area contributed by atoms with E-state index in [1.807, 2.05) is 0 Å². The topological polar surface area (TPSA) is 62.2 Å². The molecular formula is C10H16N2O2S. The molecule has 0 unspecified atom stereocenters. The van der Waals surface area contributed by atoms with Crippen molar-refractivity contribution >= 4 is 22.4 Å². The molecule has 0 amide bonds.